The maximum absolute atomic E-state index is 9.19. The SMILES string of the molecule is N#Cc1cc(NCc2ccnc(-n3cccn3)c2)c2ccccc2n1. The van der Waals surface area contributed by atoms with Gasteiger partial charge in [-0.25, -0.2) is 14.6 Å². The van der Waals surface area contributed by atoms with E-state index in [0.717, 1.165) is 28.0 Å². The molecule has 0 fully saturated rings. The third-order valence-electron chi connectivity index (χ3n) is 3.86. The Kier molecular flexibility index (Phi) is 3.81. The molecule has 25 heavy (non-hydrogen) atoms. The van der Waals surface area contributed by atoms with Crippen molar-refractivity contribution in [1.82, 2.24) is 19.7 Å². The highest BCUT2D eigenvalue weighted by atomic mass is 15.3. The lowest BCUT2D eigenvalue weighted by Crippen LogP contribution is -2.04. The lowest BCUT2D eigenvalue weighted by Gasteiger charge is -2.11. The molecule has 6 heteroatoms. The fourth-order valence-corrected chi connectivity index (χ4v) is 2.68. The highest BCUT2D eigenvalue weighted by molar-refractivity contribution is 5.91. The molecule has 0 saturated heterocycles. The van der Waals surface area contributed by atoms with E-state index in [4.69, 9.17) is 0 Å². The number of anilines is 1. The molecule has 4 aromatic rings. The number of rotatable bonds is 4. The first-order valence-corrected chi connectivity index (χ1v) is 7.82. The van der Waals surface area contributed by atoms with Crippen molar-refractivity contribution in [2.24, 2.45) is 0 Å². The van der Waals surface area contributed by atoms with Crippen LogP contribution in [-0.4, -0.2) is 19.7 Å². The van der Waals surface area contributed by atoms with E-state index in [1.807, 2.05) is 48.7 Å². The van der Waals surface area contributed by atoms with Crippen molar-refractivity contribution in [1.29, 1.82) is 5.26 Å². The van der Waals surface area contributed by atoms with Crippen LogP contribution in [-0.2, 0) is 6.54 Å². The summed E-state index contributed by atoms with van der Waals surface area (Å²) in [4.78, 5) is 8.67. The van der Waals surface area contributed by atoms with E-state index in [-0.39, 0.29) is 0 Å². The third-order valence-corrected chi connectivity index (χ3v) is 3.86. The largest absolute Gasteiger partial charge is 0.380 e. The summed E-state index contributed by atoms with van der Waals surface area (Å²) in [6, 6.07) is 17.5. The fraction of sp³-hybridized carbons (Fsp3) is 0.0526. The quantitative estimate of drug-likeness (QED) is 0.622. The van der Waals surface area contributed by atoms with Gasteiger partial charge in [0.05, 0.1) is 5.52 Å². The molecule has 0 aliphatic heterocycles. The van der Waals surface area contributed by atoms with Gasteiger partial charge in [0.25, 0.3) is 0 Å². The molecule has 4 rings (SSSR count). The Morgan fingerprint density at radius 2 is 2.00 bits per heavy atom. The molecule has 0 aliphatic rings. The molecule has 120 valence electrons. The van der Waals surface area contributed by atoms with E-state index in [1.165, 1.54) is 0 Å². The molecule has 0 bridgehead atoms. The van der Waals surface area contributed by atoms with Crippen molar-refractivity contribution < 1.29 is 0 Å². The van der Waals surface area contributed by atoms with Gasteiger partial charge in [0.2, 0.25) is 0 Å². The van der Waals surface area contributed by atoms with E-state index in [9.17, 15) is 5.26 Å². The first kappa shape index (κ1) is 14.8. The minimum Gasteiger partial charge on any atom is -0.380 e. The van der Waals surface area contributed by atoms with E-state index in [2.05, 4.69) is 26.5 Å². The van der Waals surface area contributed by atoms with Gasteiger partial charge in [0.15, 0.2) is 5.82 Å². The zero-order chi connectivity index (χ0) is 17.1. The van der Waals surface area contributed by atoms with Crippen LogP contribution in [0.4, 0.5) is 5.69 Å². The van der Waals surface area contributed by atoms with Gasteiger partial charge >= 0.3 is 0 Å². The van der Waals surface area contributed by atoms with Crippen LogP contribution in [0.15, 0.2) is 67.1 Å². The van der Waals surface area contributed by atoms with E-state index in [1.54, 1.807) is 23.1 Å². The van der Waals surface area contributed by atoms with Gasteiger partial charge in [-0.05, 0) is 35.9 Å². The molecule has 0 radical (unpaired) electrons. The van der Waals surface area contributed by atoms with Gasteiger partial charge in [0.1, 0.15) is 11.8 Å². The Balaban J connectivity index is 1.63. The molecule has 0 atom stereocenters. The smallest absolute Gasteiger partial charge is 0.153 e. The molecule has 3 aromatic heterocycles. The van der Waals surface area contributed by atoms with Crippen LogP contribution in [0.5, 0.6) is 0 Å². The maximum atomic E-state index is 9.19. The number of benzene rings is 1. The molecule has 3 heterocycles. The van der Waals surface area contributed by atoms with Gasteiger partial charge in [-0.3, -0.25) is 0 Å². The molecular weight excluding hydrogens is 312 g/mol. The highest BCUT2D eigenvalue weighted by Crippen LogP contribution is 2.23. The number of fused-ring (bicyclic) bond motifs is 1. The maximum Gasteiger partial charge on any atom is 0.153 e. The number of nitrogens with zero attached hydrogens (tertiary/aromatic N) is 5. The second-order valence-electron chi connectivity index (χ2n) is 5.51. The monoisotopic (exact) mass is 326 g/mol. The first-order chi connectivity index (χ1) is 12.3. The summed E-state index contributed by atoms with van der Waals surface area (Å²) in [5.74, 6) is 0.765. The fourth-order valence-electron chi connectivity index (χ4n) is 2.68. The molecule has 1 aromatic carbocycles. The van der Waals surface area contributed by atoms with Gasteiger partial charge < -0.3 is 5.32 Å². The molecule has 0 aliphatic carbocycles. The number of nitrogens with one attached hydrogen (secondary N) is 1. The normalized spacial score (nSPS) is 10.5. The van der Waals surface area contributed by atoms with Gasteiger partial charge in [0, 0.05) is 36.2 Å². The minimum atomic E-state index is 0.396. The Morgan fingerprint density at radius 3 is 2.84 bits per heavy atom. The third kappa shape index (κ3) is 3.03. The first-order valence-electron chi connectivity index (χ1n) is 7.82. The number of aromatic nitrogens is 4. The van der Waals surface area contributed by atoms with Crippen LogP contribution in [0, 0.1) is 11.3 Å². The van der Waals surface area contributed by atoms with E-state index < -0.39 is 0 Å². The Labute approximate surface area is 144 Å². The Hall–Kier alpha value is -3.72. The van der Waals surface area contributed by atoms with E-state index >= 15 is 0 Å². The molecule has 0 saturated carbocycles. The van der Waals surface area contributed by atoms with Crippen molar-refractivity contribution >= 4 is 16.6 Å². The van der Waals surface area contributed by atoms with Crippen molar-refractivity contribution in [3.05, 3.63) is 78.4 Å². The lowest BCUT2D eigenvalue weighted by atomic mass is 10.1. The number of hydrogen-bond donors (Lipinski definition) is 1. The number of nitriles is 1. The summed E-state index contributed by atoms with van der Waals surface area (Å²) >= 11 is 0. The van der Waals surface area contributed by atoms with Crippen LogP contribution in [0.2, 0.25) is 0 Å². The summed E-state index contributed by atoms with van der Waals surface area (Å²) < 4.78 is 1.72. The van der Waals surface area contributed by atoms with Crippen molar-refractivity contribution in [3.63, 3.8) is 0 Å². The number of para-hydroxylation sites is 1. The molecular formula is C19H14N6. The van der Waals surface area contributed by atoms with Crippen molar-refractivity contribution in [2.75, 3.05) is 5.32 Å². The molecule has 6 nitrogen and oxygen atoms in total. The van der Waals surface area contributed by atoms with Crippen molar-refractivity contribution in [3.8, 4) is 11.9 Å². The standard InChI is InChI=1S/C19H14N6/c20-12-15-11-18(16-4-1-2-5-17(16)24-15)22-13-14-6-8-21-19(10-14)25-9-3-7-23-25/h1-11H,13H2,(H,22,24). The van der Waals surface area contributed by atoms with E-state index in [0.29, 0.717) is 12.2 Å². The summed E-state index contributed by atoms with van der Waals surface area (Å²) in [7, 11) is 0. The zero-order valence-electron chi connectivity index (χ0n) is 13.3. The topological polar surface area (TPSA) is 79.4 Å². The predicted molar refractivity (Wildman–Crippen MR) is 95.1 cm³/mol. The van der Waals surface area contributed by atoms with Crippen LogP contribution >= 0.6 is 0 Å². The summed E-state index contributed by atoms with van der Waals surface area (Å²) in [6.45, 7) is 0.607. The Morgan fingerprint density at radius 1 is 1.08 bits per heavy atom. The van der Waals surface area contributed by atoms with Crippen molar-refractivity contribution in [2.45, 2.75) is 6.54 Å². The second kappa shape index (κ2) is 6.42. The molecule has 0 unspecified atom stereocenters. The predicted octanol–water partition coefficient (Wildman–Crippen LogP) is 3.30. The molecule has 1 N–H and O–H groups in total. The molecule has 0 amide bonds. The lowest BCUT2D eigenvalue weighted by molar-refractivity contribution is 0.843. The van der Waals surface area contributed by atoms with Crippen LogP contribution in [0.3, 0.4) is 0 Å². The Bertz CT molecular complexity index is 1060. The summed E-state index contributed by atoms with van der Waals surface area (Å²) in [6.07, 6.45) is 5.34. The summed E-state index contributed by atoms with van der Waals surface area (Å²) in [5, 5.41) is 17.8. The average Bonchev–Trinajstić information content (AvgIpc) is 3.21. The highest BCUT2D eigenvalue weighted by Gasteiger charge is 2.06. The van der Waals surface area contributed by atoms with Gasteiger partial charge in [-0.15, -0.1) is 0 Å². The minimum absolute atomic E-state index is 0.396. The zero-order valence-corrected chi connectivity index (χ0v) is 13.3. The van der Waals surface area contributed by atoms with Gasteiger partial charge in [-0.1, -0.05) is 18.2 Å². The van der Waals surface area contributed by atoms with Gasteiger partial charge in [-0.2, -0.15) is 10.4 Å². The molecule has 0 spiro atoms. The number of pyridine rings is 2. The summed E-state index contributed by atoms with van der Waals surface area (Å²) in [5.41, 5.74) is 3.16. The average molecular weight is 326 g/mol. The van der Waals surface area contributed by atoms with Crippen LogP contribution in [0.1, 0.15) is 11.3 Å². The second-order valence-corrected chi connectivity index (χ2v) is 5.51. The van der Waals surface area contributed by atoms with Crippen LogP contribution in [0.25, 0.3) is 16.7 Å². The number of hydrogen-bond acceptors (Lipinski definition) is 5. The van der Waals surface area contributed by atoms with Crippen LogP contribution < -0.4 is 5.32 Å².